The predicted octanol–water partition coefficient (Wildman–Crippen LogP) is 1.05. The standard InChI is InChI=1S/C16H20FN3O4/c1-20(8-9-21)7-6-18-16(22)15-10-14(24-19-15)11-23-13-4-2-12(17)3-5-13/h2-5,10,21H,6-9,11H2,1H3,(H,18,22). The number of aliphatic hydroxyl groups is 1. The molecule has 0 aliphatic heterocycles. The van der Waals surface area contributed by atoms with E-state index in [2.05, 4.69) is 10.5 Å². The van der Waals surface area contributed by atoms with Crippen molar-refractivity contribution in [3.63, 3.8) is 0 Å². The monoisotopic (exact) mass is 337 g/mol. The summed E-state index contributed by atoms with van der Waals surface area (Å²) in [5.41, 5.74) is 0.164. The molecule has 2 rings (SSSR count). The number of hydrogen-bond donors (Lipinski definition) is 2. The van der Waals surface area contributed by atoms with Crippen LogP contribution in [0, 0.1) is 5.82 Å². The third-order valence-electron chi connectivity index (χ3n) is 3.25. The second-order valence-corrected chi connectivity index (χ2v) is 5.20. The van der Waals surface area contributed by atoms with Crippen LogP contribution in [-0.2, 0) is 6.61 Å². The van der Waals surface area contributed by atoms with Gasteiger partial charge in [0.05, 0.1) is 6.61 Å². The van der Waals surface area contributed by atoms with E-state index in [0.29, 0.717) is 31.1 Å². The number of likely N-dealkylation sites (N-methyl/N-ethyl adjacent to an activating group) is 1. The third kappa shape index (κ3) is 5.64. The first kappa shape index (κ1) is 17.9. The van der Waals surface area contributed by atoms with Gasteiger partial charge in [-0.1, -0.05) is 5.16 Å². The van der Waals surface area contributed by atoms with Gasteiger partial charge in [-0.25, -0.2) is 4.39 Å². The highest BCUT2D eigenvalue weighted by Crippen LogP contribution is 2.14. The zero-order valence-corrected chi connectivity index (χ0v) is 13.4. The number of halogens is 1. The molecule has 0 fully saturated rings. The lowest BCUT2D eigenvalue weighted by Crippen LogP contribution is -2.34. The van der Waals surface area contributed by atoms with E-state index in [1.807, 2.05) is 11.9 Å². The molecule has 0 unspecified atom stereocenters. The molecule has 0 spiro atoms. The molecule has 0 aliphatic rings. The van der Waals surface area contributed by atoms with Crippen molar-refractivity contribution >= 4 is 5.91 Å². The summed E-state index contributed by atoms with van der Waals surface area (Å²) < 4.78 is 23.3. The Morgan fingerprint density at radius 2 is 2.12 bits per heavy atom. The number of benzene rings is 1. The van der Waals surface area contributed by atoms with E-state index < -0.39 is 0 Å². The van der Waals surface area contributed by atoms with Gasteiger partial charge in [-0.05, 0) is 31.3 Å². The van der Waals surface area contributed by atoms with Crippen LogP contribution >= 0.6 is 0 Å². The lowest BCUT2D eigenvalue weighted by Gasteiger charge is -2.14. The highest BCUT2D eigenvalue weighted by Gasteiger charge is 2.12. The van der Waals surface area contributed by atoms with E-state index in [9.17, 15) is 9.18 Å². The van der Waals surface area contributed by atoms with Crippen LogP contribution in [0.25, 0.3) is 0 Å². The minimum absolute atomic E-state index is 0.0746. The Labute approximate surface area is 139 Å². The molecule has 1 amide bonds. The van der Waals surface area contributed by atoms with Gasteiger partial charge in [-0.3, -0.25) is 4.79 Å². The van der Waals surface area contributed by atoms with E-state index in [-0.39, 0.29) is 30.6 Å². The minimum atomic E-state index is -0.343. The Hall–Kier alpha value is -2.45. The smallest absolute Gasteiger partial charge is 0.273 e. The molecule has 8 heteroatoms. The molecule has 7 nitrogen and oxygen atoms in total. The first-order chi connectivity index (χ1) is 11.6. The summed E-state index contributed by atoms with van der Waals surface area (Å²) in [6.07, 6.45) is 0. The molecule has 1 aromatic carbocycles. The fourth-order valence-electron chi connectivity index (χ4n) is 1.91. The zero-order chi connectivity index (χ0) is 17.4. The SMILES string of the molecule is CN(CCO)CCNC(=O)c1cc(COc2ccc(F)cc2)on1. The summed E-state index contributed by atoms with van der Waals surface area (Å²) in [5, 5.41) is 15.2. The van der Waals surface area contributed by atoms with Gasteiger partial charge in [0.2, 0.25) is 0 Å². The third-order valence-corrected chi connectivity index (χ3v) is 3.25. The van der Waals surface area contributed by atoms with Gasteiger partial charge >= 0.3 is 0 Å². The first-order valence-corrected chi connectivity index (χ1v) is 7.50. The number of ether oxygens (including phenoxy) is 1. The van der Waals surface area contributed by atoms with Gasteiger partial charge in [-0.15, -0.1) is 0 Å². The summed E-state index contributed by atoms with van der Waals surface area (Å²) in [7, 11) is 1.85. The van der Waals surface area contributed by atoms with Gasteiger partial charge in [0.1, 0.15) is 18.2 Å². The van der Waals surface area contributed by atoms with Crippen molar-refractivity contribution in [2.75, 3.05) is 33.3 Å². The number of amides is 1. The van der Waals surface area contributed by atoms with E-state index in [0.717, 1.165) is 0 Å². The molecule has 2 aromatic rings. The summed E-state index contributed by atoms with van der Waals surface area (Å²) in [5.74, 6) is 0.197. The lowest BCUT2D eigenvalue weighted by molar-refractivity contribution is 0.0939. The van der Waals surface area contributed by atoms with Crippen molar-refractivity contribution in [2.45, 2.75) is 6.61 Å². The van der Waals surface area contributed by atoms with E-state index in [1.54, 1.807) is 0 Å². The molecule has 1 aromatic heterocycles. The summed E-state index contributed by atoms with van der Waals surface area (Å²) in [4.78, 5) is 13.8. The Kier molecular flexibility index (Phi) is 6.71. The lowest BCUT2D eigenvalue weighted by atomic mass is 10.3. The number of hydrogen-bond acceptors (Lipinski definition) is 6. The van der Waals surface area contributed by atoms with E-state index >= 15 is 0 Å². The second-order valence-electron chi connectivity index (χ2n) is 5.20. The molecule has 130 valence electrons. The molecule has 0 saturated carbocycles. The number of rotatable bonds is 9. The summed E-state index contributed by atoms with van der Waals surface area (Å²) in [6, 6.07) is 7.09. The van der Waals surface area contributed by atoms with Crippen LogP contribution in [-0.4, -0.2) is 54.4 Å². The van der Waals surface area contributed by atoms with Crippen LogP contribution in [0.4, 0.5) is 4.39 Å². The zero-order valence-electron chi connectivity index (χ0n) is 13.4. The van der Waals surface area contributed by atoms with E-state index in [4.69, 9.17) is 14.4 Å². The number of carbonyl (C=O) groups excluding carboxylic acids is 1. The van der Waals surface area contributed by atoms with Crippen LogP contribution < -0.4 is 10.1 Å². The minimum Gasteiger partial charge on any atom is -0.486 e. The number of aromatic nitrogens is 1. The maximum atomic E-state index is 12.8. The molecule has 0 atom stereocenters. The number of nitrogens with one attached hydrogen (secondary N) is 1. The average Bonchev–Trinajstić information content (AvgIpc) is 3.03. The molecule has 0 radical (unpaired) electrons. The van der Waals surface area contributed by atoms with Crippen LogP contribution in [0.15, 0.2) is 34.9 Å². The van der Waals surface area contributed by atoms with Crippen LogP contribution in [0.2, 0.25) is 0 Å². The largest absolute Gasteiger partial charge is 0.486 e. The Morgan fingerprint density at radius 1 is 1.38 bits per heavy atom. The number of nitrogens with zero attached hydrogens (tertiary/aromatic N) is 2. The molecule has 0 bridgehead atoms. The number of aliphatic hydroxyl groups excluding tert-OH is 1. The average molecular weight is 337 g/mol. The molecule has 0 saturated heterocycles. The van der Waals surface area contributed by atoms with Crippen molar-refractivity contribution in [1.29, 1.82) is 0 Å². The van der Waals surface area contributed by atoms with Gasteiger partial charge < -0.3 is 24.6 Å². The van der Waals surface area contributed by atoms with Crippen LogP contribution in [0.3, 0.4) is 0 Å². The van der Waals surface area contributed by atoms with Crippen molar-refractivity contribution in [3.05, 3.63) is 47.6 Å². The Balaban J connectivity index is 1.77. The van der Waals surface area contributed by atoms with Crippen LogP contribution in [0.1, 0.15) is 16.2 Å². The Bertz CT molecular complexity index is 645. The predicted molar refractivity (Wildman–Crippen MR) is 84.2 cm³/mol. The highest BCUT2D eigenvalue weighted by molar-refractivity contribution is 5.92. The van der Waals surface area contributed by atoms with Crippen molar-refractivity contribution in [1.82, 2.24) is 15.4 Å². The van der Waals surface area contributed by atoms with Gasteiger partial charge in [0.25, 0.3) is 5.91 Å². The van der Waals surface area contributed by atoms with Crippen LogP contribution in [0.5, 0.6) is 5.75 Å². The van der Waals surface area contributed by atoms with Gasteiger partial charge in [-0.2, -0.15) is 0 Å². The summed E-state index contributed by atoms with van der Waals surface area (Å²) in [6.45, 7) is 1.76. The summed E-state index contributed by atoms with van der Waals surface area (Å²) >= 11 is 0. The van der Waals surface area contributed by atoms with Crippen molar-refractivity contribution < 1.29 is 23.6 Å². The molecular weight excluding hydrogens is 317 g/mol. The van der Waals surface area contributed by atoms with Gasteiger partial charge in [0.15, 0.2) is 11.5 Å². The first-order valence-electron chi connectivity index (χ1n) is 7.50. The molecule has 1 heterocycles. The molecule has 2 N–H and O–H groups in total. The molecular formula is C16H20FN3O4. The fraction of sp³-hybridized carbons (Fsp3) is 0.375. The maximum absolute atomic E-state index is 12.8. The number of carbonyl (C=O) groups is 1. The maximum Gasteiger partial charge on any atom is 0.273 e. The topological polar surface area (TPSA) is 87.8 Å². The fourth-order valence-corrected chi connectivity index (χ4v) is 1.91. The Morgan fingerprint density at radius 3 is 2.83 bits per heavy atom. The molecule has 0 aliphatic carbocycles. The van der Waals surface area contributed by atoms with Gasteiger partial charge in [0, 0.05) is 25.7 Å². The quantitative estimate of drug-likeness (QED) is 0.711. The second kappa shape index (κ2) is 8.99. The van der Waals surface area contributed by atoms with Crippen molar-refractivity contribution in [3.8, 4) is 5.75 Å². The van der Waals surface area contributed by atoms with E-state index in [1.165, 1.54) is 30.3 Å². The normalized spacial score (nSPS) is 10.8. The van der Waals surface area contributed by atoms with Crippen molar-refractivity contribution in [2.24, 2.45) is 0 Å². The highest BCUT2D eigenvalue weighted by atomic mass is 19.1. The molecule has 24 heavy (non-hydrogen) atoms.